The van der Waals surface area contributed by atoms with Crippen molar-refractivity contribution >= 4 is 18.2 Å². The fourth-order valence-corrected chi connectivity index (χ4v) is 6.11. The maximum atomic E-state index is 13.8. The van der Waals surface area contributed by atoms with Crippen molar-refractivity contribution in [3.8, 4) is 5.75 Å². The zero-order valence-corrected chi connectivity index (χ0v) is 23.3. The molecule has 1 heterocycles. The number of para-hydroxylation sites is 1. The van der Waals surface area contributed by atoms with Gasteiger partial charge in [0.1, 0.15) is 11.4 Å². The summed E-state index contributed by atoms with van der Waals surface area (Å²) in [5.41, 5.74) is 7.59. The van der Waals surface area contributed by atoms with E-state index in [0.29, 0.717) is 30.8 Å². The second kappa shape index (κ2) is 12.8. The van der Waals surface area contributed by atoms with Crippen LogP contribution in [0.3, 0.4) is 0 Å². The van der Waals surface area contributed by atoms with Gasteiger partial charge < -0.3 is 31.2 Å². The molecule has 10 nitrogen and oxygen atoms in total. The van der Waals surface area contributed by atoms with Gasteiger partial charge in [-0.3, -0.25) is 20.3 Å². The predicted molar refractivity (Wildman–Crippen MR) is 156 cm³/mol. The van der Waals surface area contributed by atoms with Crippen LogP contribution in [0.2, 0.25) is 0 Å². The molecular formula is C31H40N6O4. The predicted octanol–water partition coefficient (Wildman–Crippen LogP) is 3.06. The number of nitrogens with two attached hydrogens (primary N) is 1. The first-order chi connectivity index (χ1) is 19.9. The van der Waals surface area contributed by atoms with Crippen molar-refractivity contribution in [2.45, 2.75) is 74.8 Å². The Morgan fingerprint density at radius 1 is 1.02 bits per heavy atom. The number of benzene rings is 2. The van der Waals surface area contributed by atoms with Gasteiger partial charge in [-0.1, -0.05) is 74.2 Å². The van der Waals surface area contributed by atoms with Crippen LogP contribution >= 0.6 is 0 Å². The number of carbonyl (C=O) groups excluding carboxylic acids is 2. The third kappa shape index (κ3) is 6.61. The molecule has 7 N–H and O–H groups in total. The maximum Gasteiger partial charge on any atom is 0.252 e. The van der Waals surface area contributed by atoms with Gasteiger partial charge in [0.2, 0.25) is 5.91 Å². The lowest BCUT2D eigenvalue weighted by molar-refractivity contribution is -0.151. The molecule has 0 spiro atoms. The standard InChI is InChI=1S/C31H40N6O4/c32-21-40-25-13-6-5-12-24(25)30(14-9-15-30)20-34-28(39)31(16-7-2-8-17-31)41-19-23-18-26(38)36-29(35-23)37-27(33)22-10-3-1-4-11-22/h1,3-6,10-13,18,21,27,29,32,35,37H,2,7-9,14-17,19-20,33H2,(H,34,39)(H,36,38). The minimum absolute atomic E-state index is 0.0980. The van der Waals surface area contributed by atoms with Gasteiger partial charge >= 0.3 is 0 Å². The molecule has 0 radical (unpaired) electrons. The Hall–Kier alpha value is -3.73. The van der Waals surface area contributed by atoms with Crippen molar-refractivity contribution in [1.29, 1.82) is 5.41 Å². The van der Waals surface area contributed by atoms with Crippen molar-refractivity contribution in [2.75, 3.05) is 13.2 Å². The second-order valence-electron chi connectivity index (χ2n) is 11.2. The molecule has 218 valence electrons. The molecule has 0 aromatic heterocycles. The number of nitrogens with one attached hydrogen (secondary N) is 5. The number of hydrogen-bond donors (Lipinski definition) is 6. The quantitative estimate of drug-likeness (QED) is 0.133. The Balaban J connectivity index is 1.23. The summed E-state index contributed by atoms with van der Waals surface area (Å²) in [4.78, 5) is 26.3. The lowest BCUT2D eigenvalue weighted by atomic mass is 9.64. The summed E-state index contributed by atoms with van der Waals surface area (Å²) in [6.45, 7) is 0.572. The molecule has 10 heteroatoms. The van der Waals surface area contributed by atoms with E-state index in [1.54, 1.807) is 0 Å². The molecule has 41 heavy (non-hydrogen) atoms. The van der Waals surface area contributed by atoms with Crippen molar-refractivity contribution in [3.63, 3.8) is 0 Å². The Kier molecular flexibility index (Phi) is 9.02. The number of rotatable bonds is 12. The monoisotopic (exact) mass is 560 g/mol. The molecular weight excluding hydrogens is 520 g/mol. The van der Waals surface area contributed by atoms with E-state index in [2.05, 4.69) is 21.3 Å². The molecule has 0 bridgehead atoms. The molecule has 3 aliphatic rings. The number of carbonyl (C=O) groups is 2. The van der Waals surface area contributed by atoms with Crippen LogP contribution in [0.5, 0.6) is 5.75 Å². The van der Waals surface area contributed by atoms with Crippen molar-refractivity contribution in [3.05, 3.63) is 77.5 Å². The Morgan fingerprint density at radius 2 is 1.76 bits per heavy atom. The smallest absolute Gasteiger partial charge is 0.252 e. The molecule has 5 rings (SSSR count). The number of amides is 2. The highest BCUT2D eigenvalue weighted by atomic mass is 16.5. The lowest BCUT2D eigenvalue weighted by Gasteiger charge is -2.44. The van der Waals surface area contributed by atoms with Crippen LogP contribution in [0.15, 0.2) is 66.4 Å². The molecule has 2 saturated carbocycles. The zero-order chi connectivity index (χ0) is 28.7. The first kappa shape index (κ1) is 28.8. The fraction of sp³-hybridized carbons (Fsp3) is 0.452. The molecule has 2 fully saturated rings. The van der Waals surface area contributed by atoms with E-state index in [0.717, 1.165) is 56.1 Å². The largest absolute Gasteiger partial charge is 0.446 e. The highest BCUT2D eigenvalue weighted by Gasteiger charge is 2.45. The summed E-state index contributed by atoms with van der Waals surface area (Å²) >= 11 is 0. The Morgan fingerprint density at radius 3 is 2.46 bits per heavy atom. The third-order valence-electron chi connectivity index (χ3n) is 8.55. The van der Waals surface area contributed by atoms with Crippen molar-refractivity contribution in [2.24, 2.45) is 5.73 Å². The molecule has 1 aliphatic heterocycles. The number of ether oxygens (including phenoxy) is 2. The summed E-state index contributed by atoms with van der Waals surface area (Å²) in [5, 5.41) is 19.9. The Bertz CT molecular complexity index is 1260. The van der Waals surface area contributed by atoms with Gasteiger partial charge in [0.05, 0.1) is 12.8 Å². The van der Waals surface area contributed by atoms with E-state index in [9.17, 15) is 9.59 Å². The summed E-state index contributed by atoms with van der Waals surface area (Å²) in [6, 6.07) is 17.3. The fourth-order valence-electron chi connectivity index (χ4n) is 6.11. The van der Waals surface area contributed by atoms with Gasteiger partial charge in [0.15, 0.2) is 12.7 Å². The van der Waals surface area contributed by atoms with Crippen LogP contribution in [0.1, 0.15) is 68.7 Å². The summed E-state index contributed by atoms with van der Waals surface area (Å²) in [6.07, 6.45) is 8.38. The molecule has 2 atom stereocenters. The van der Waals surface area contributed by atoms with Crippen LogP contribution < -0.4 is 31.7 Å². The first-order valence-corrected chi connectivity index (χ1v) is 14.4. The van der Waals surface area contributed by atoms with E-state index in [1.807, 2.05) is 54.6 Å². The zero-order valence-electron chi connectivity index (χ0n) is 23.3. The second-order valence-corrected chi connectivity index (χ2v) is 11.2. The van der Waals surface area contributed by atoms with Gasteiger partial charge in [-0.25, -0.2) is 0 Å². The average molecular weight is 561 g/mol. The molecule has 2 amide bonds. The molecule has 2 unspecified atom stereocenters. The van der Waals surface area contributed by atoms with Gasteiger partial charge in [-0.15, -0.1) is 0 Å². The lowest BCUT2D eigenvalue weighted by Crippen LogP contribution is -2.59. The van der Waals surface area contributed by atoms with Crippen LogP contribution in [-0.4, -0.2) is 43.3 Å². The average Bonchev–Trinajstić information content (AvgIpc) is 2.97. The normalized spacial score (nSPS) is 21.7. The van der Waals surface area contributed by atoms with Crippen LogP contribution in [-0.2, 0) is 19.7 Å². The van der Waals surface area contributed by atoms with E-state index in [1.165, 1.54) is 6.08 Å². The topological polar surface area (TPSA) is 151 Å². The van der Waals surface area contributed by atoms with Crippen LogP contribution in [0.25, 0.3) is 0 Å². The summed E-state index contributed by atoms with van der Waals surface area (Å²) < 4.78 is 11.9. The van der Waals surface area contributed by atoms with E-state index < -0.39 is 18.1 Å². The van der Waals surface area contributed by atoms with Crippen LogP contribution in [0, 0.1) is 5.41 Å². The van der Waals surface area contributed by atoms with Gasteiger partial charge in [0, 0.05) is 29.3 Å². The molecule has 0 saturated heterocycles. The molecule has 2 aliphatic carbocycles. The molecule has 2 aromatic carbocycles. The van der Waals surface area contributed by atoms with Crippen molar-refractivity contribution in [1.82, 2.24) is 21.3 Å². The van der Waals surface area contributed by atoms with Gasteiger partial charge in [0.25, 0.3) is 5.91 Å². The van der Waals surface area contributed by atoms with Crippen LogP contribution in [0.4, 0.5) is 0 Å². The maximum absolute atomic E-state index is 13.8. The highest BCUT2D eigenvalue weighted by Crippen LogP contribution is 2.47. The Labute approximate surface area is 240 Å². The SMILES string of the molecule is N=COc1ccccc1C1(CNC(=O)C2(OCC3=CC(=O)NC(NC(N)c4ccccc4)N3)CCCCC2)CCC1. The highest BCUT2D eigenvalue weighted by molar-refractivity contribution is 5.89. The minimum Gasteiger partial charge on any atom is -0.446 e. The minimum atomic E-state index is -0.964. The molecule has 2 aromatic rings. The van der Waals surface area contributed by atoms with E-state index in [-0.39, 0.29) is 23.8 Å². The van der Waals surface area contributed by atoms with E-state index >= 15 is 0 Å². The van der Waals surface area contributed by atoms with E-state index in [4.69, 9.17) is 20.6 Å². The first-order valence-electron chi connectivity index (χ1n) is 14.4. The third-order valence-corrected chi connectivity index (χ3v) is 8.55. The number of hydrogen-bond acceptors (Lipinski definition) is 8. The summed E-state index contributed by atoms with van der Waals surface area (Å²) in [5.74, 6) is 0.277. The van der Waals surface area contributed by atoms with Gasteiger partial charge in [-0.2, -0.15) is 0 Å². The van der Waals surface area contributed by atoms with Gasteiger partial charge in [-0.05, 0) is 37.3 Å². The van der Waals surface area contributed by atoms with Crippen molar-refractivity contribution < 1.29 is 19.1 Å². The summed E-state index contributed by atoms with van der Waals surface area (Å²) in [7, 11) is 0.